The first kappa shape index (κ1) is 10.8. The molecule has 1 rings (SSSR count). The first-order valence-corrected chi connectivity index (χ1v) is 3.97. The molecule has 0 aliphatic carbocycles. The molecule has 1 aromatic rings. The number of halogens is 1. The van der Waals surface area contributed by atoms with Gasteiger partial charge in [0, 0.05) is 5.56 Å². The Morgan fingerprint density at radius 2 is 2.21 bits per heavy atom. The summed E-state index contributed by atoms with van der Waals surface area (Å²) < 4.78 is 16.8. The zero-order valence-corrected chi connectivity index (χ0v) is 7.66. The second-order valence-electron chi connectivity index (χ2n) is 2.78. The van der Waals surface area contributed by atoms with Gasteiger partial charge in [0.05, 0.1) is 0 Å². The molecule has 0 bridgehead atoms. The van der Waals surface area contributed by atoms with E-state index < -0.39 is 6.26 Å². The SMILES string of the molecule is [B]c1cc(C(C)=O)ccc1OC([B])F. The third-order valence-corrected chi connectivity index (χ3v) is 1.66. The molecule has 0 N–H and O–H groups in total. The van der Waals surface area contributed by atoms with Crippen LogP contribution in [-0.2, 0) is 0 Å². The van der Waals surface area contributed by atoms with E-state index in [0.717, 1.165) is 0 Å². The highest BCUT2D eigenvalue weighted by molar-refractivity contribution is 6.34. The molecule has 0 saturated heterocycles. The molecule has 0 aliphatic rings. The number of ether oxygens (including phenoxy) is 1. The fraction of sp³-hybridized carbons (Fsp3) is 0.222. The average Bonchev–Trinajstić information content (AvgIpc) is 2.07. The Labute approximate surface area is 84.3 Å². The van der Waals surface area contributed by atoms with Crippen molar-refractivity contribution in [2.45, 2.75) is 13.2 Å². The fourth-order valence-corrected chi connectivity index (χ4v) is 0.996. The molecule has 4 radical (unpaired) electrons. The van der Waals surface area contributed by atoms with Crippen molar-refractivity contribution >= 4 is 26.9 Å². The molecule has 0 aliphatic heterocycles. The van der Waals surface area contributed by atoms with Gasteiger partial charge in [-0.25, -0.2) is 4.39 Å². The van der Waals surface area contributed by atoms with Gasteiger partial charge in [0.25, 0.3) is 0 Å². The summed E-state index contributed by atoms with van der Waals surface area (Å²) in [6.45, 7) is 1.41. The highest BCUT2D eigenvalue weighted by Crippen LogP contribution is 2.10. The van der Waals surface area contributed by atoms with Crippen molar-refractivity contribution in [3.63, 3.8) is 0 Å². The maximum atomic E-state index is 12.3. The maximum Gasteiger partial charge on any atom is 0.188 e. The summed E-state index contributed by atoms with van der Waals surface area (Å²) >= 11 is 0. The number of rotatable bonds is 3. The van der Waals surface area contributed by atoms with Crippen molar-refractivity contribution in [2.75, 3.05) is 0 Å². The Morgan fingerprint density at radius 3 is 2.64 bits per heavy atom. The minimum atomic E-state index is -1.92. The van der Waals surface area contributed by atoms with Gasteiger partial charge in [-0.3, -0.25) is 4.79 Å². The lowest BCUT2D eigenvalue weighted by molar-refractivity contribution is 0.101. The fourth-order valence-electron chi connectivity index (χ4n) is 0.996. The lowest BCUT2D eigenvalue weighted by Gasteiger charge is -2.11. The third kappa shape index (κ3) is 2.62. The number of hydrogen-bond donors (Lipinski definition) is 0. The van der Waals surface area contributed by atoms with E-state index in [2.05, 4.69) is 4.74 Å². The van der Waals surface area contributed by atoms with Crippen LogP contribution in [0, 0.1) is 0 Å². The quantitative estimate of drug-likeness (QED) is 0.509. The van der Waals surface area contributed by atoms with E-state index in [4.69, 9.17) is 15.7 Å². The highest BCUT2D eigenvalue weighted by Gasteiger charge is 2.06. The molecule has 1 atom stereocenters. The van der Waals surface area contributed by atoms with Crippen molar-refractivity contribution in [3.8, 4) is 5.75 Å². The van der Waals surface area contributed by atoms with Crippen molar-refractivity contribution in [3.05, 3.63) is 23.8 Å². The molecule has 1 unspecified atom stereocenters. The zero-order valence-electron chi connectivity index (χ0n) is 7.66. The molecule has 5 heteroatoms. The standard InChI is InChI=1S/C9H7B2FO2/c1-5(13)6-2-3-8(7(10)4-6)14-9(11)12/h2-4,9H,1H3. The van der Waals surface area contributed by atoms with Crippen LogP contribution in [0.2, 0.25) is 0 Å². The van der Waals surface area contributed by atoms with E-state index in [-0.39, 0.29) is 17.0 Å². The molecular formula is C9H7B2FO2. The van der Waals surface area contributed by atoms with Gasteiger partial charge >= 0.3 is 0 Å². The Hall–Kier alpha value is -1.25. The minimum absolute atomic E-state index is 0.118. The van der Waals surface area contributed by atoms with Crippen LogP contribution in [0.25, 0.3) is 0 Å². The second-order valence-corrected chi connectivity index (χ2v) is 2.78. The van der Waals surface area contributed by atoms with Gasteiger partial charge in [0.1, 0.15) is 13.6 Å². The molecule has 2 nitrogen and oxygen atoms in total. The molecule has 0 saturated carbocycles. The minimum Gasteiger partial charge on any atom is -0.471 e. The van der Waals surface area contributed by atoms with Crippen molar-refractivity contribution in [2.24, 2.45) is 0 Å². The summed E-state index contributed by atoms with van der Waals surface area (Å²) in [6.07, 6.45) is -1.92. The number of carbonyl (C=O) groups is 1. The molecule has 0 fully saturated rings. The van der Waals surface area contributed by atoms with Gasteiger partial charge in [-0.15, -0.1) is 0 Å². The lowest BCUT2D eigenvalue weighted by Crippen LogP contribution is -2.17. The molecule has 68 valence electrons. The summed E-state index contributed by atoms with van der Waals surface area (Å²) in [6, 6.07) is 4.32. The van der Waals surface area contributed by atoms with E-state index in [1.807, 2.05) is 0 Å². The van der Waals surface area contributed by atoms with Crippen LogP contribution in [0.15, 0.2) is 18.2 Å². The van der Waals surface area contributed by atoms with Crippen LogP contribution < -0.4 is 10.2 Å². The Balaban J connectivity index is 2.95. The number of carbonyl (C=O) groups excluding carboxylic acids is 1. The molecule has 0 spiro atoms. The van der Waals surface area contributed by atoms with Crippen molar-refractivity contribution in [1.82, 2.24) is 0 Å². The van der Waals surface area contributed by atoms with Crippen LogP contribution in [0.1, 0.15) is 17.3 Å². The monoisotopic (exact) mass is 188 g/mol. The van der Waals surface area contributed by atoms with E-state index in [9.17, 15) is 9.18 Å². The topological polar surface area (TPSA) is 26.3 Å². The van der Waals surface area contributed by atoms with Gasteiger partial charge in [-0.2, -0.15) is 0 Å². The van der Waals surface area contributed by atoms with E-state index in [1.54, 1.807) is 0 Å². The Kier molecular flexibility index (Phi) is 3.33. The lowest BCUT2D eigenvalue weighted by atomic mass is 9.92. The Morgan fingerprint density at radius 1 is 1.57 bits per heavy atom. The summed E-state index contributed by atoms with van der Waals surface area (Å²) in [5.41, 5.74) is 0.632. The Bertz CT molecular complexity index is 353. The number of hydrogen-bond acceptors (Lipinski definition) is 2. The third-order valence-electron chi connectivity index (χ3n) is 1.66. The summed E-state index contributed by atoms with van der Waals surface area (Å²) in [5, 5.41) is 0. The predicted molar refractivity (Wildman–Crippen MR) is 53.1 cm³/mol. The van der Waals surface area contributed by atoms with Crippen LogP contribution in [0.5, 0.6) is 5.75 Å². The van der Waals surface area contributed by atoms with E-state index in [1.165, 1.54) is 25.1 Å². The second kappa shape index (κ2) is 4.31. The van der Waals surface area contributed by atoms with Crippen LogP contribution in [-0.4, -0.2) is 27.7 Å². The average molecular weight is 188 g/mol. The van der Waals surface area contributed by atoms with Crippen molar-refractivity contribution in [1.29, 1.82) is 0 Å². The normalized spacial score (nSPS) is 12.1. The first-order valence-electron chi connectivity index (χ1n) is 3.97. The molecule has 1 aromatic carbocycles. The highest BCUT2D eigenvalue weighted by atomic mass is 19.1. The number of ketones is 1. The summed E-state index contributed by atoms with van der Waals surface area (Å²) in [4.78, 5) is 10.9. The molecular weight excluding hydrogens is 181 g/mol. The number of alkyl halides is 1. The van der Waals surface area contributed by atoms with Crippen molar-refractivity contribution < 1.29 is 13.9 Å². The molecule has 0 heterocycles. The predicted octanol–water partition coefficient (Wildman–Crippen LogP) is 0.483. The first-order chi connectivity index (χ1) is 6.50. The van der Waals surface area contributed by atoms with Gasteiger partial charge in [0.2, 0.25) is 0 Å². The van der Waals surface area contributed by atoms with Gasteiger partial charge in [-0.1, -0.05) is 11.5 Å². The summed E-state index contributed by atoms with van der Waals surface area (Å²) in [7, 11) is 10.3. The van der Waals surface area contributed by atoms with Gasteiger partial charge < -0.3 is 4.74 Å². The van der Waals surface area contributed by atoms with Gasteiger partial charge in [0.15, 0.2) is 19.9 Å². The number of benzene rings is 1. The van der Waals surface area contributed by atoms with Crippen LogP contribution in [0.4, 0.5) is 4.39 Å². The van der Waals surface area contributed by atoms with E-state index >= 15 is 0 Å². The summed E-state index contributed by atoms with van der Waals surface area (Å²) in [5.74, 6) is 0.0118. The van der Waals surface area contributed by atoms with Crippen LogP contribution in [0.3, 0.4) is 0 Å². The van der Waals surface area contributed by atoms with E-state index in [0.29, 0.717) is 5.56 Å². The van der Waals surface area contributed by atoms with Gasteiger partial charge in [-0.05, 0) is 19.1 Å². The zero-order chi connectivity index (χ0) is 10.7. The largest absolute Gasteiger partial charge is 0.471 e. The van der Waals surface area contributed by atoms with Crippen LogP contribution >= 0.6 is 0 Å². The molecule has 0 amide bonds. The maximum absolute atomic E-state index is 12.3. The molecule has 0 aromatic heterocycles. The number of Topliss-reactive ketones (excluding diaryl/α,β-unsaturated/α-hetero) is 1. The molecule has 14 heavy (non-hydrogen) atoms. The smallest absolute Gasteiger partial charge is 0.188 e.